The number of hydrogen-bond donors (Lipinski definition) is 1. The molecule has 0 aliphatic carbocycles. The minimum Gasteiger partial charge on any atom is -0.374 e. The van der Waals surface area contributed by atoms with Crippen molar-refractivity contribution in [2.24, 2.45) is 5.73 Å². The van der Waals surface area contributed by atoms with E-state index < -0.39 is 0 Å². The molecule has 0 bridgehead atoms. The van der Waals surface area contributed by atoms with Gasteiger partial charge in [-0.25, -0.2) is 0 Å². The van der Waals surface area contributed by atoms with Crippen LogP contribution in [0.2, 0.25) is 0 Å². The zero-order valence-electron chi connectivity index (χ0n) is 14.9. The summed E-state index contributed by atoms with van der Waals surface area (Å²) < 4.78 is 0. The smallest absolute Gasteiger partial charge is 0.0507 e. The second-order valence-corrected chi connectivity index (χ2v) is 5.41. The van der Waals surface area contributed by atoms with Crippen molar-refractivity contribution < 1.29 is 0 Å². The summed E-state index contributed by atoms with van der Waals surface area (Å²) in [5, 5.41) is 0. The van der Waals surface area contributed by atoms with Gasteiger partial charge in [-0.3, -0.25) is 0 Å². The van der Waals surface area contributed by atoms with E-state index in [2.05, 4.69) is 62.7 Å². The summed E-state index contributed by atoms with van der Waals surface area (Å²) >= 11 is 0. The Morgan fingerprint density at radius 1 is 1.09 bits per heavy atom. The van der Waals surface area contributed by atoms with Crippen LogP contribution in [0.3, 0.4) is 0 Å². The minimum atomic E-state index is 0.0193. The molecule has 0 amide bonds. The van der Waals surface area contributed by atoms with Crippen molar-refractivity contribution in [3.8, 4) is 0 Å². The quantitative estimate of drug-likeness (QED) is 0.804. The van der Waals surface area contributed by atoms with Crippen molar-refractivity contribution in [2.45, 2.75) is 52.5 Å². The standard InChI is InChI=1S/C16H24N2.C2H6.C2H4/c1-12-6-8-15(9-7-12)13(2)16(17)14(3)18-10-4-5-11-18;2*1-2/h6-9,13,16H,3-5,10-11,17H2,1-2H3;1-2H3;1-2H2. The molecule has 2 unspecified atom stereocenters. The van der Waals surface area contributed by atoms with Gasteiger partial charge in [-0.15, -0.1) is 13.2 Å². The Kier molecular flexibility index (Phi) is 10.3. The second-order valence-electron chi connectivity index (χ2n) is 5.41. The fraction of sp³-hybridized carbons (Fsp3) is 0.500. The molecule has 0 aromatic heterocycles. The van der Waals surface area contributed by atoms with Gasteiger partial charge in [0.05, 0.1) is 6.04 Å². The lowest BCUT2D eigenvalue weighted by molar-refractivity contribution is 0.379. The maximum absolute atomic E-state index is 6.37. The molecule has 2 N–H and O–H groups in total. The molecule has 1 fully saturated rings. The molecule has 1 aromatic rings. The summed E-state index contributed by atoms with van der Waals surface area (Å²) in [6.45, 7) is 20.7. The summed E-state index contributed by atoms with van der Waals surface area (Å²) in [6, 6.07) is 8.67. The summed E-state index contributed by atoms with van der Waals surface area (Å²) in [5.74, 6) is 0.318. The molecule has 0 saturated carbocycles. The molecular weight excluding hydrogens is 268 g/mol. The van der Waals surface area contributed by atoms with Crippen LogP contribution in [0.25, 0.3) is 0 Å². The highest BCUT2D eigenvalue weighted by Gasteiger charge is 2.23. The van der Waals surface area contributed by atoms with E-state index in [1.807, 2.05) is 13.8 Å². The maximum atomic E-state index is 6.37. The van der Waals surface area contributed by atoms with Crippen LogP contribution in [0, 0.1) is 6.92 Å². The van der Waals surface area contributed by atoms with Crippen molar-refractivity contribution in [3.05, 3.63) is 60.8 Å². The predicted molar refractivity (Wildman–Crippen MR) is 100 cm³/mol. The fourth-order valence-electron chi connectivity index (χ4n) is 2.58. The Balaban J connectivity index is 0.00000102. The van der Waals surface area contributed by atoms with Crippen molar-refractivity contribution >= 4 is 0 Å². The number of aryl methyl sites for hydroxylation is 1. The number of rotatable bonds is 4. The van der Waals surface area contributed by atoms with Gasteiger partial charge in [-0.1, -0.05) is 57.2 Å². The zero-order chi connectivity index (χ0) is 17.1. The Morgan fingerprint density at radius 2 is 1.55 bits per heavy atom. The highest BCUT2D eigenvalue weighted by molar-refractivity contribution is 5.27. The molecule has 1 saturated heterocycles. The van der Waals surface area contributed by atoms with E-state index >= 15 is 0 Å². The first kappa shape index (κ1) is 20.5. The topological polar surface area (TPSA) is 29.3 Å². The van der Waals surface area contributed by atoms with Crippen LogP contribution in [-0.2, 0) is 0 Å². The van der Waals surface area contributed by atoms with Gasteiger partial charge in [-0.2, -0.15) is 0 Å². The predicted octanol–water partition coefficient (Wildman–Crippen LogP) is 4.86. The zero-order valence-corrected chi connectivity index (χ0v) is 14.9. The maximum Gasteiger partial charge on any atom is 0.0507 e. The van der Waals surface area contributed by atoms with E-state index in [-0.39, 0.29) is 6.04 Å². The molecule has 0 spiro atoms. The van der Waals surface area contributed by atoms with Crippen molar-refractivity contribution in [3.63, 3.8) is 0 Å². The average molecular weight is 303 g/mol. The van der Waals surface area contributed by atoms with Crippen LogP contribution in [0.4, 0.5) is 0 Å². The van der Waals surface area contributed by atoms with E-state index in [1.165, 1.54) is 24.0 Å². The molecular formula is C20H34N2. The van der Waals surface area contributed by atoms with Gasteiger partial charge in [0, 0.05) is 24.7 Å². The number of hydrogen-bond acceptors (Lipinski definition) is 2. The molecule has 1 aromatic carbocycles. The van der Waals surface area contributed by atoms with Crippen LogP contribution in [-0.4, -0.2) is 24.0 Å². The van der Waals surface area contributed by atoms with Gasteiger partial charge >= 0.3 is 0 Å². The molecule has 2 nitrogen and oxygen atoms in total. The number of nitrogens with zero attached hydrogens (tertiary/aromatic N) is 1. The third-order valence-electron chi connectivity index (χ3n) is 4.04. The molecule has 2 rings (SSSR count). The lowest BCUT2D eigenvalue weighted by Crippen LogP contribution is -2.36. The van der Waals surface area contributed by atoms with Gasteiger partial charge in [0.25, 0.3) is 0 Å². The van der Waals surface area contributed by atoms with Crippen LogP contribution < -0.4 is 5.73 Å². The van der Waals surface area contributed by atoms with E-state index in [1.54, 1.807) is 0 Å². The van der Waals surface area contributed by atoms with E-state index in [9.17, 15) is 0 Å². The number of likely N-dealkylation sites (tertiary alicyclic amines) is 1. The van der Waals surface area contributed by atoms with Crippen molar-refractivity contribution in [2.75, 3.05) is 13.1 Å². The van der Waals surface area contributed by atoms with Crippen LogP contribution in [0.15, 0.2) is 49.7 Å². The first-order valence-corrected chi connectivity index (χ1v) is 8.35. The van der Waals surface area contributed by atoms with E-state index in [0.717, 1.165) is 18.8 Å². The largest absolute Gasteiger partial charge is 0.374 e. The third-order valence-corrected chi connectivity index (χ3v) is 4.04. The normalized spacial score (nSPS) is 15.8. The lowest BCUT2D eigenvalue weighted by Gasteiger charge is -2.29. The Bertz CT molecular complexity index is 416. The first-order valence-electron chi connectivity index (χ1n) is 8.35. The van der Waals surface area contributed by atoms with Gasteiger partial charge in [0.1, 0.15) is 0 Å². The second kappa shape index (κ2) is 11.1. The molecule has 2 atom stereocenters. The van der Waals surface area contributed by atoms with E-state index in [0.29, 0.717) is 5.92 Å². The Labute approximate surface area is 137 Å². The highest BCUT2D eigenvalue weighted by atomic mass is 15.2. The summed E-state index contributed by atoms with van der Waals surface area (Å²) in [6.07, 6.45) is 2.54. The first-order chi connectivity index (χ1) is 10.6. The Hall–Kier alpha value is -1.54. The molecule has 124 valence electrons. The highest BCUT2D eigenvalue weighted by Crippen LogP contribution is 2.25. The molecule has 22 heavy (non-hydrogen) atoms. The molecule has 1 aliphatic heterocycles. The average Bonchev–Trinajstić information content (AvgIpc) is 3.12. The lowest BCUT2D eigenvalue weighted by atomic mass is 9.91. The van der Waals surface area contributed by atoms with Crippen molar-refractivity contribution in [1.29, 1.82) is 0 Å². The van der Waals surface area contributed by atoms with Crippen LogP contribution in [0.1, 0.15) is 50.7 Å². The van der Waals surface area contributed by atoms with Gasteiger partial charge in [0.15, 0.2) is 0 Å². The SMILES string of the molecule is C=C.C=C(C(N)C(C)c1ccc(C)cc1)N1CCCC1.CC. The fourth-order valence-corrected chi connectivity index (χ4v) is 2.58. The molecule has 1 aliphatic rings. The van der Waals surface area contributed by atoms with Gasteiger partial charge < -0.3 is 10.6 Å². The van der Waals surface area contributed by atoms with Gasteiger partial charge in [-0.05, 0) is 25.3 Å². The Morgan fingerprint density at radius 3 is 2.00 bits per heavy atom. The van der Waals surface area contributed by atoms with Gasteiger partial charge in [0.2, 0.25) is 0 Å². The number of nitrogens with two attached hydrogens (primary N) is 1. The molecule has 1 heterocycles. The summed E-state index contributed by atoms with van der Waals surface area (Å²) in [5.41, 5.74) is 10.1. The van der Waals surface area contributed by atoms with Crippen molar-refractivity contribution in [1.82, 2.24) is 4.90 Å². The van der Waals surface area contributed by atoms with Crippen LogP contribution >= 0.6 is 0 Å². The van der Waals surface area contributed by atoms with E-state index in [4.69, 9.17) is 5.73 Å². The summed E-state index contributed by atoms with van der Waals surface area (Å²) in [4.78, 5) is 2.34. The molecule has 2 heteroatoms. The monoisotopic (exact) mass is 302 g/mol. The minimum absolute atomic E-state index is 0.0193. The summed E-state index contributed by atoms with van der Waals surface area (Å²) in [7, 11) is 0. The molecule has 0 radical (unpaired) electrons. The number of benzene rings is 1. The third kappa shape index (κ3) is 5.69. The van der Waals surface area contributed by atoms with Crippen LogP contribution in [0.5, 0.6) is 0 Å².